The molecule has 0 unspecified atom stereocenters. The normalized spacial score (nSPS) is 14.9. The van der Waals surface area contributed by atoms with Crippen molar-refractivity contribution in [2.45, 2.75) is 25.4 Å². The number of nitrogens with zero attached hydrogens (tertiary/aromatic N) is 2. The summed E-state index contributed by atoms with van der Waals surface area (Å²) in [5.41, 5.74) is 1.90. The second-order valence-corrected chi connectivity index (χ2v) is 6.58. The van der Waals surface area contributed by atoms with Gasteiger partial charge in [-0.3, -0.25) is 0 Å². The number of rotatable bonds is 6. The van der Waals surface area contributed by atoms with E-state index in [-0.39, 0.29) is 6.10 Å². The Morgan fingerprint density at radius 3 is 2.67 bits per heavy atom. The molecule has 1 aliphatic rings. The average Bonchev–Trinajstić information content (AvgIpc) is 3.18. The Hall–Kier alpha value is -2.86. The SMILES string of the molecule is COc1cccc(-c2nc(Cc3ccccc3)no2)c1OC1CCNCC1. The molecule has 1 fully saturated rings. The molecule has 6 nitrogen and oxygen atoms in total. The van der Waals surface area contributed by atoms with Crippen molar-refractivity contribution in [2.75, 3.05) is 20.2 Å². The molecule has 2 aromatic carbocycles. The zero-order chi connectivity index (χ0) is 18.5. The van der Waals surface area contributed by atoms with Gasteiger partial charge in [-0.25, -0.2) is 0 Å². The number of hydrogen-bond donors (Lipinski definition) is 1. The van der Waals surface area contributed by atoms with Gasteiger partial charge in [0.15, 0.2) is 17.3 Å². The minimum Gasteiger partial charge on any atom is -0.493 e. The zero-order valence-electron chi connectivity index (χ0n) is 15.4. The minimum atomic E-state index is 0.146. The molecule has 0 saturated carbocycles. The lowest BCUT2D eigenvalue weighted by Crippen LogP contribution is -2.34. The summed E-state index contributed by atoms with van der Waals surface area (Å²) in [5, 5.41) is 7.49. The first-order valence-corrected chi connectivity index (χ1v) is 9.25. The van der Waals surface area contributed by atoms with Crippen LogP contribution in [0.4, 0.5) is 0 Å². The first kappa shape index (κ1) is 17.5. The molecule has 1 aliphatic heterocycles. The van der Waals surface area contributed by atoms with Crippen molar-refractivity contribution in [3.05, 3.63) is 59.9 Å². The second-order valence-electron chi connectivity index (χ2n) is 6.58. The predicted octanol–water partition coefficient (Wildman–Crippen LogP) is 3.47. The van der Waals surface area contributed by atoms with Gasteiger partial charge in [0, 0.05) is 6.42 Å². The monoisotopic (exact) mass is 365 g/mol. The van der Waals surface area contributed by atoms with Gasteiger partial charge < -0.3 is 19.3 Å². The van der Waals surface area contributed by atoms with E-state index in [2.05, 4.69) is 15.5 Å². The largest absolute Gasteiger partial charge is 0.493 e. The third kappa shape index (κ3) is 4.11. The number of benzene rings is 2. The van der Waals surface area contributed by atoms with Gasteiger partial charge in [-0.1, -0.05) is 41.6 Å². The molecule has 0 radical (unpaired) electrons. The highest BCUT2D eigenvalue weighted by Gasteiger charge is 2.22. The maximum atomic E-state index is 6.30. The van der Waals surface area contributed by atoms with Crippen LogP contribution in [0.1, 0.15) is 24.2 Å². The summed E-state index contributed by atoms with van der Waals surface area (Å²) < 4.78 is 17.4. The van der Waals surface area contributed by atoms with Crippen LogP contribution in [0.2, 0.25) is 0 Å². The predicted molar refractivity (Wildman–Crippen MR) is 102 cm³/mol. The van der Waals surface area contributed by atoms with Crippen LogP contribution < -0.4 is 14.8 Å². The number of para-hydroxylation sites is 1. The number of nitrogens with one attached hydrogen (secondary N) is 1. The highest BCUT2D eigenvalue weighted by Crippen LogP contribution is 2.38. The third-order valence-electron chi connectivity index (χ3n) is 4.67. The molecule has 27 heavy (non-hydrogen) atoms. The molecule has 140 valence electrons. The number of ether oxygens (including phenoxy) is 2. The molecule has 0 atom stereocenters. The molecular formula is C21H23N3O3. The van der Waals surface area contributed by atoms with Gasteiger partial charge in [-0.15, -0.1) is 0 Å². The lowest BCUT2D eigenvalue weighted by Gasteiger charge is -2.25. The molecule has 1 saturated heterocycles. The van der Waals surface area contributed by atoms with E-state index in [1.165, 1.54) is 0 Å². The van der Waals surface area contributed by atoms with E-state index >= 15 is 0 Å². The van der Waals surface area contributed by atoms with Crippen molar-refractivity contribution in [3.8, 4) is 23.0 Å². The standard InChI is InChI=1S/C21H23N3O3/c1-25-18-9-5-8-17(20(18)26-16-10-12-22-13-11-16)21-23-19(24-27-21)14-15-6-3-2-4-7-15/h2-9,16,22H,10-14H2,1H3. The third-order valence-corrected chi connectivity index (χ3v) is 4.67. The Bertz CT molecular complexity index is 873. The van der Waals surface area contributed by atoms with Gasteiger partial charge in [0.1, 0.15) is 6.10 Å². The fourth-order valence-electron chi connectivity index (χ4n) is 3.26. The van der Waals surface area contributed by atoms with Gasteiger partial charge in [0.05, 0.1) is 12.7 Å². The summed E-state index contributed by atoms with van der Waals surface area (Å²) in [6.45, 7) is 1.91. The van der Waals surface area contributed by atoms with Gasteiger partial charge in [0.25, 0.3) is 5.89 Å². The zero-order valence-corrected chi connectivity index (χ0v) is 15.4. The summed E-state index contributed by atoms with van der Waals surface area (Å²) in [4.78, 5) is 4.58. The van der Waals surface area contributed by atoms with Gasteiger partial charge in [0.2, 0.25) is 0 Å². The number of piperidine rings is 1. The van der Waals surface area contributed by atoms with E-state index in [1.54, 1.807) is 7.11 Å². The number of aromatic nitrogens is 2. The van der Waals surface area contributed by atoms with E-state index in [9.17, 15) is 0 Å². The minimum absolute atomic E-state index is 0.146. The fourth-order valence-corrected chi connectivity index (χ4v) is 3.26. The van der Waals surface area contributed by atoms with Crippen LogP contribution in [0, 0.1) is 0 Å². The van der Waals surface area contributed by atoms with Crippen LogP contribution in [0.15, 0.2) is 53.1 Å². The quantitative estimate of drug-likeness (QED) is 0.721. The van der Waals surface area contributed by atoms with E-state index in [1.807, 2.05) is 48.5 Å². The van der Waals surface area contributed by atoms with Gasteiger partial charge >= 0.3 is 0 Å². The van der Waals surface area contributed by atoms with Crippen LogP contribution >= 0.6 is 0 Å². The highest BCUT2D eigenvalue weighted by molar-refractivity contribution is 5.67. The molecule has 1 aromatic heterocycles. The molecule has 0 bridgehead atoms. The lowest BCUT2D eigenvalue weighted by atomic mass is 10.1. The summed E-state index contributed by atoms with van der Waals surface area (Å²) in [5.74, 6) is 2.44. The van der Waals surface area contributed by atoms with E-state index < -0.39 is 0 Å². The first-order chi connectivity index (χ1) is 13.3. The molecule has 0 spiro atoms. The summed E-state index contributed by atoms with van der Waals surface area (Å²) in [7, 11) is 1.64. The van der Waals surface area contributed by atoms with Gasteiger partial charge in [-0.2, -0.15) is 4.98 Å². The maximum absolute atomic E-state index is 6.30. The summed E-state index contributed by atoms with van der Waals surface area (Å²) >= 11 is 0. The van der Waals surface area contributed by atoms with Crippen molar-refractivity contribution < 1.29 is 14.0 Å². The number of methoxy groups -OCH3 is 1. The van der Waals surface area contributed by atoms with Gasteiger partial charge in [-0.05, 0) is 43.6 Å². The van der Waals surface area contributed by atoms with Crippen LogP contribution in [-0.4, -0.2) is 36.4 Å². The van der Waals surface area contributed by atoms with Crippen LogP contribution in [0.3, 0.4) is 0 Å². The highest BCUT2D eigenvalue weighted by atomic mass is 16.5. The van der Waals surface area contributed by atoms with Crippen molar-refractivity contribution in [1.29, 1.82) is 0 Å². The summed E-state index contributed by atoms with van der Waals surface area (Å²) in [6, 6.07) is 15.8. The van der Waals surface area contributed by atoms with E-state index in [4.69, 9.17) is 14.0 Å². The van der Waals surface area contributed by atoms with Crippen molar-refractivity contribution in [3.63, 3.8) is 0 Å². The van der Waals surface area contributed by atoms with Crippen molar-refractivity contribution >= 4 is 0 Å². The smallest absolute Gasteiger partial charge is 0.261 e. The average molecular weight is 365 g/mol. The molecular weight excluding hydrogens is 342 g/mol. The van der Waals surface area contributed by atoms with Crippen molar-refractivity contribution in [1.82, 2.24) is 15.5 Å². The van der Waals surface area contributed by atoms with Crippen LogP contribution in [0.25, 0.3) is 11.5 Å². The van der Waals surface area contributed by atoms with Crippen molar-refractivity contribution in [2.24, 2.45) is 0 Å². The Kier molecular flexibility index (Phi) is 5.34. The Morgan fingerprint density at radius 2 is 1.89 bits per heavy atom. The fraction of sp³-hybridized carbons (Fsp3) is 0.333. The van der Waals surface area contributed by atoms with Crippen LogP contribution in [0.5, 0.6) is 11.5 Å². The Balaban J connectivity index is 1.61. The van der Waals surface area contributed by atoms with E-state index in [0.29, 0.717) is 29.6 Å². The molecule has 4 rings (SSSR count). The summed E-state index contributed by atoms with van der Waals surface area (Å²) in [6.07, 6.45) is 2.69. The Morgan fingerprint density at radius 1 is 1.07 bits per heavy atom. The maximum Gasteiger partial charge on any atom is 0.261 e. The molecule has 1 N–H and O–H groups in total. The molecule has 2 heterocycles. The molecule has 0 amide bonds. The topological polar surface area (TPSA) is 69.4 Å². The first-order valence-electron chi connectivity index (χ1n) is 9.25. The van der Waals surface area contributed by atoms with E-state index in [0.717, 1.165) is 37.1 Å². The molecule has 6 heteroatoms. The lowest BCUT2D eigenvalue weighted by molar-refractivity contribution is 0.157. The van der Waals surface area contributed by atoms with Crippen LogP contribution in [-0.2, 0) is 6.42 Å². The molecule has 0 aliphatic carbocycles. The molecule has 3 aromatic rings. The second kappa shape index (κ2) is 8.22. The number of hydrogen-bond acceptors (Lipinski definition) is 6. The Labute approximate surface area is 158 Å².